The Morgan fingerprint density at radius 3 is 2.62 bits per heavy atom. The van der Waals surface area contributed by atoms with Crippen LogP contribution in [0.3, 0.4) is 0 Å². The highest BCUT2D eigenvalue weighted by molar-refractivity contribution is 5.69. The van der Waals surface area contributed by atoms with E-state index in [1.165, 1.54) is 5.56 Å². The number of cyclic esters (lactones) is 1. The summed E-state index contributed by atoms with van der Waals surface area (Å²) in [5.41, 5.74) is 2.40. The predicted molar refractivity (Wildman–Crippen MR) is 62.4 cm³/mol. The van der Waals surface area contributed by atoms with Crippen LogP contribution in [0, 0.1) is 0 Å². The van der Waals surface area contributed by atoms with Crippen LogP contribution in [0.5, 0.6) is 0 Å². The first kappa shape index (κ1) is 11.0. The summed E-state index contributed by atoms with van der Waals surface area (Å²) in [5.74, 6) is 0.582. The summed E-state index contributed by atoms with van der Waals surface area (Å²) in [4.78, 5) is 10.9. The Kier molecular flexibility index (Phi) is 3.13. The van der Waals surface area contributed by atoms with Gasteiger partial charge in [-0.25, -0.2) is 4.79 Å². The average molecular weight is 219 g/mol. The van der Waals surface area contributed by atoms with Crippen LogP contribution in [0.1, 0.15) is 43.4 Å². The third-order valence-electron chi connectivity index (χ3n) is 3.17. The number of benzene rings is 1. The monoisotopic (exact) mass is 219 g/mol. The quantitative estimate of drug-likeness (QED) is 0.848. The minimum absolute atomic E-state index is 0.126. The normalized spacial score (nSPS) is 21.4. The van der Waals surface area contributed by atoms with E-state index in [0.29, 0.717) is 12.5 Å². The highest BCUT2D eigenvalue weighted by Gasteiger charge is 2.23. The van der Waals surface area contributed by atoms with Crippen molar-refractivity contribution in [2.45, 2.75) is 32.3 Å². The first-order chi connectivity index (χ1) is 7.70. The van der Waals surface area contributed by atoms with Crippen LogP contribution in [0.2, 0.25) is 0 Å². The van der Waals surface area contributed by atoms with Gasteiger partial charge in [0, 0.05) is 0 Å². The number of amides is 1. The number of ether oxygens (including phenoxy) is 1. The molecule has 86 valence electrons. The lowest BCUT2D eigenvalue weighted by Gasteiger charge is -2.12. The van der Waals surface area contributed by atoms with Crippen molar-refractivity contribution in [1.29, 1.82) is 0 Å². The molecule has 3 nitrogen and oxygen atoms in total. The molecule has 1 aromatic rings. The molecule has 1 saturated heterocycles. The van der Waals surface area contributed by atoms with Crippen molar-refractivity contribution in [3.8, 4) is 0 Å². The van der Waals surface area contributed by atoms with E-state index in [1.807, 2.05) is 12.1 Å². The zero-order valence-electron chi connectivity index (χ0n) is 9.69. The van der Waals surface area contributed by atoms with Crippen molar-refractivity contribution < 1.29 is 9.53 Å². The number of hydrogen-bond acceptors (Lipinski definition) is 2. The van der Waals surface area contributed by atoms with Crippen LogP contribution >= 0.6 is 0 Å². The van der Waals surface area contributed by atoms with Gasteiger partial charge in [0.25, 0.3) is 0 Å². The van der Waals surface area contributed by atoms with Crippen LogP contribution in [0.4, 0.5) is 4.79 Å². The molecule has 2 rings (SSSR count). The van der Waals surface area contributed by atoms with Gasteiger partial charge >= 0.3 is 6.09 Å². The maximum Gasteiger partial charge on any atom is 0.407 e. The number of rotatable bonds is 3. The Morgan fingerprint density at radius 1 is 1.44 bits per heavy atom. The number of hydrogen-bond donors (Lipinski definition) is 1. The van der Waals surface area contributed by atoms with E-state index < -0.39 is 0 Å². The van der Waals surface area contributed by atoms with Gasteiger partial charge < -0.3 is 10.1 Å². The lowest BCUT2D eigenvalue weighted by atomic mass is 9.96. The molecule has 1 fully saturated rings. The van der Waals surface area contributed by atoms with Gasteiger partial charge in [-0.3, -0.25) is 0 Å². The summed E-state index contributed by atoms with van der Waals surface area (Å²) >= 11 is 0. The van der Waals surface area contributed by atoms with E-state index in [-0.39, 0.29) is 12.2 Å². The Labute approximate surface area is 95.8 Å². The molecule has 0 aliphatic carbocycles. The van der Waals surface area contributed by atoms with Crippen LogP contribution in [-0.2, 0) is 4.74 Å². The number of carbonyl (C=O) groups is 1. The molecule has 1 heterocycles. The summed E-state index contributed by atoms with van der Waals surface area (Å²) < 4.78 is 5.12. The van der Waals surface area contributed by atoms with Gasteiger partial charge in [0.05, 0.1) is 6.54 Å². The molecular formula is C13H17NO2. The molecule has 2 atom stereocenters. The van der Waals surface area contributed by atoms with Crippen molar-refractivity contribution >= 4 is 6.09 Å². The zero-order valence-corrected chi connectivity index (χ0v) is 9.69. The Hall–Kier alpha value is -1.51. The third-order valence-corrected chi connectivity index (χ3v) is 3.17. The van der Waals surface area contributed by atoms with Gasteiger partial charge in [0.1, 0.15) is 6.10 Å². The molecule has 1 N–H and O–H groups in total. The number of carbonyl (C=O) groups excluding carboxylic acids is 1. The molecule has 0 aromatic heterocycles. The fourth-order valence-electron chi connectivity index (χ4n) is 1.85. The minimum atomic E-state index is -0.323. The van der Waals surface area contributed by atoms with Gasteiger partial charge in [-0.1, -0.05) is 38.1 Å². The Morgan fingerprint density at radius 2 is 2.12 bits per heavy atom. The van der Waals surface area contributed by atoms with Gasteiger partial charge in [-0.05, 0) is 23.5 Å². The van der Waals surface area contributed by atoms with E-state index in [1.54, 1.807) is 0 Å². The first-order valence-corrected chi connectivity index (χ1v) is 5.75. The van der Waals surface area contributed by atoms with Gasteiger partial charge in [-0.2, -0.15) is 0 Å². The van der Waals surface area contributed by atoms with Crippen molar-refractivity contribution in [3.05, 3.63) is 35.4 Å². The van der Waals surface area contributed by atoms with Crippen LogP contribution in [-0.4, -0.2) is 12.6 Å². The molecule has 1 amide bonds. The smallest absolute Gasteiger partial charge is 0.407 e. The van der Waals surface area contributed by atoms with Gasteiger partial charge in [-0.15, -0.1) is 0 Å². The molecule has 3 heteroatoms. The fourth-order valence-corrected chi connectivity index (χ4v) is 1.85. The highest BCUT2D eigenvalue weighted by Crippen LogP contribution is 2.24. The molecule has 0 bridgehead atoms. The second-order valence-electron chi connectivity index (χ2n) is 4.25. The SMILES string of the molecule is CCC(C)c1ccc(C2CNC(=O)O2)cc1. The average Bonchev–Trinajstić information content (AvgIpc) is 2.75. The number of nitrogens with one attached hydrogen (secondary N) is 1. The van der Waals surface area contributed by atoms with Crippen LogP contribution in [0.15, 0.2) is 24.3 Å². The third kappa shape index (κ3) is 2.18. The van der Waals surface area contributed by atoms with E-state index in [9.17, 15) is 4.79 Å². The van der Waals surface area contributed by atoms with E-state index in [0.717, 1.165) is 12.0 Å². The molecule has 0 saturated carbocycles. The summed E-state index contributed by atoms with van der Waals surface area (Å²) in [6.45, 7) is 4.97. The second kappa shape index (κ2) is 4.56. The fraction of sp³-hybridized carbons (Fsp3) is 0.462. The molecule has 16 heavy (non-hydrogen) atoms. The summed E-state index contributed by atoms with van der Waals surface area (Å²) in [5, 5.41) is 2.66. The van der Waals surface area contributed by atoms with E-state index in [2.05, 4.69) is 31.3 Å². The maximum absolute atomic E-state index is 10.9. The van der Waals surface area contributed by atoms with Crippen molar-refractivity contribution in [2.24, 2.45) is 0 Å². The first-order valence-electron chi connectivity index (χ1n) is 5.75. The van der Waals surface area contributed by atoms with Crippen LogP contribution < -0.4 is 5.32 Å². The Bertz CT molecular complexity index is 372. The molecule has 1 aromatic carbocycles. The van der Waals surface area contributed by atoms with Gasteiger partial charge in [0.2, 0.25) is 0 Å². The molecular weight excluding hydrogens is 202 g/mol. The summed E-state index contributed by atoms with van der Waals surface area (Å²) in [6.07, 6.45) is 0.689. The van der Waals surface area contributed by atoms with E-state index in [4.69, 9.17) is 4.74 Å². The second-order valence-corrected chi connectivity index (χ2v) is 4.25. The topological polar surface area (TPSA) is 38.3 Å². The molecule has 1 aliphatic heterocycles. The summed E-state index contributed by atoms with van der Waals surface area (Å²) in [7, 11) is 0. The lowest BCUT2D eigenvalue weighted by Crippen LogP contribution is -2.12. The molecule has 2 unspecified atom stereocenters. The predicted octanol–water partition coefficient (Wildman–Crippen LogP) is 2.98. The Balaban J connectivity index is 2.10. The zero-order chi connectivity index (χ0) is 11.5. The van der Waals surface area contributed by atoms with Crippen molar-refractivity contribution in [2.75, 3.05) is 6.54 Å². The molecule has 0 spiro atoms. The minimum Gasteiger partial charge on any atom is -0.439 e. The molecule has 0 radical (unpaired) electrons. The highest BCUT2D eigenvalue weighted by atomic mass is 16.6. The number of alkyl carbamates (subject to hydrolysis) is 1. The van der Waals surface area contributed by atoms with Crippen LogP contribution in [0.25, 0.3) is 0 Å². The van der Waals surface area contributed by atoms with Crippen molar-refractivity contribution in [3.63, 3.8) is 0 Å². The maximum atomic E-state index is 10.9. The lowest BCUT2D eigenvalue weighted by molar-refractivity contribution is 0.141. The summed E-state index contributed by atoms with van der Waals surface area (Å²) in [6, 6.07) is 8.34. The van der Waals surface area contributed by atoms with E-state index >= 15 is 0 Å². The standard InChI is InChI=1S/C13H17NO2/c1-3-9(2)10-4-6-11(7-5-10)12-8-14-13(15)16-12/h4-7,9,12H,3,8H2,1-2H3,(H,14,15). The molecule has 1 aliphatic rings. The largest absolute Gasteiger partial charge is 0.439 e. The van der Waals surface area contributed by atoms with Crippen molar-refractivity contribution in [1.82, 2.24) is 5.32 Å². The van der Waals surface area contributed by atoms with Gasteiger partial charge in [0.15, 0.2) is 0 Å².